The van der Waals surface area contributed by atoms with Crippen LogP contribution in [0.4, 0.5) is 0 Å². The lowest BCUT2D eigenvalue weighted by Gasteiger charge is -2.33. The number of carbonyl (C=O) groups is 2. The number of amides is 1. The highest BCUT2D eigenvalue weighted by Crippen LogP contribution is 2.18. The van der Waals surface area contributed by atoms with Gasteiger partial charge in [-0.2, -0.15) is 0 Å². The van der Waals surface area contributed by atoms with Crippen LogP contribution in [0.25, 0.3) is 0 Å². The van der Waals surface area contributed by atoms with Crippen molar-refractivity contribution in [3.63, 3.8) is 0 Å². The van der Waals surface area contributed by atoms with E-state index in [0.717, 1.165) is 50.4 Å². The largest absolute Gasteiger partial charge is 0.469 e. The number of hydrogen-bond acceptors (Lipinski definition) is 5. The molecule has 0 spiro atoms. The number of likely N-dealkylation sites (tertiary alicyclic amines) is 1. The molecule has 0 atom stereocenters. The number of nitrogens with zero attached hydrogens (tertiary/aromatic N) is 2. The summed E-state index contributed by atoms with van der Waals surface area (Å²) in [4.78, 5) is 30.5. The SMILES string of the molecule is CCNC(=NCCCNC(=O)c1occc1C)N1CCC(C(=O)OC)CC1. The molecule has 2 rings (SSSR count). The van der Waals surface area contributed by atoms with Gasteiger partial charge in [-0.25, -0.2) is 0 Å². The normalized spacial score (nSPS) is 15.5. The Labute approximate surface area is 160 Å². The van der Waals surface area contributed by atoms with Crippen LogP contribution in [0, 0.1) is 12.8 Å². The predicted molar refractivity (Wildman–Crippen MR) is 103 cm³/mol. The second kappa shape index (κ2) is 10.6. The maximum atomic E-state index is 12.0. The van der Waals surface area contributed by atoms with Crippen LogP contribution in [0.5, 0.6) is 0 Å². The number of hydrogen-bond donors (Lipinski definition) is 2. The molecule has 1 aromatic heterocycles. The van der Waals surface area contributed by atoms with Crippen molar-refractivity contribution in [2.75, 3.05) is 39.8 Å². The van der Waals surface area contributed by atoms with Gasteiger partial charge >= 0.3 is 5.97 Å². The molecule has 0 radical (unpaired) electrons. The van der Waals surface area contributed by atoms with E-state index in [1.54, 1.807) is 6.07 Å². The molecule has 1 aliphatic heterocycles. The predicted octanol–water partition coefficient (Wildman–Crippen LogP) is 1.56. The van der Waals surface area contributed by atoms with Crippen molar-refractivity contribution in [1.29, 1.82) is 0 Å². The lowest BCUT2D eigenvalue weighted by Crippen LogP contribution is -2.46. The summed E-state index contributed by atoms with van der Waals surface area (Å²) in [6.45, 7) is 7.35. The summed E-state index contributed by atoms with van der Waals surface area (Å²) < 4.78 is 10.0. The highest BCUT2D eigenvalue weighted by atomic mass is 16.5. The first-order valence-electron chi connectivity index (χ1n) is 9.50. The Kier molecular flexibility index (Phi) is 8.16. The minimum atomic E-state index is -0.196. The fourth-order valence-corrected chi connectivity index (χ4v) is 3.07. The van der Waals surface area contributed by atoms with E-state index in [1.165, 1.54) is 13.4 Å². The number of aryl methyl sites for hydroxylation is 1. The molecule has 1 aromatic rings. The molecule has 1 saturated heterocycles. The molecule has 1 amide bonds. The maximum Gasteiger partial charge on any atom is 0.308 e. The van der Waals surface area contributed by atoms with Crippen LogP contribution in [-0.2, 0) is 9.53 Å². The van der Waals surface area contributed by atoms with Crippen LogP contribution < -0.4 is 10.6 Å². The van der Waals surface area contributed by atoms with Gasteiger partial charge in [-0.05, 0) is 39.2 Å². The number of nitrogens with one attached hydrogen (secondary N) is 2. The summed E-state index contributed by atoms with van der Waals surface area (Å²) in [6, 6.07) is 1.77. The van der Waals surface area contributed by atoms with Gasteiger partial charge in [0, 0.05) is 38.3 Å². The third kappa shape index (κ3) is 6.01. The van der Waals surface area contributed by atoms with Crippen LogP contribution in [0.2, 0.25) is 0 Å². The van der Waals surface area contributed by atoms with Crippen molar-refractivity contribution in [2.45, 2.75) is 33.1 Å². The zero-order chi connectivity index (χ0) is 19.6. The van der Waals surface area contributed by atoms with Gasteiger partial charge in [0.1, 0.15) is 0 Å². The van der Waals surface area contributed by atoms with E-state index in [9.17, 15) is 9.59 Å². The molecule has 8 nitrogen and oxygen atoms in total. The van der Waals surface area contributed by atoms with E-state index in [4.69, 9.17) is 9.15 Å². The molecule has 8 heteroatoms. The summed E-state index contributed by atoms with van der Waals surface area (Å²) in [5, 5.41) is 6.15. The van der Waals surface area contributed by atoms with Gasteiger partial charge in [0.05, 0.1) is 19.3 Å². The molecular formula is C19H30N4O4. The summed E-state index contributed by atoms with van der Waals surface area (Å²) in [5.74, 6) is 0.876. The van der Waals surface area contributed by atoms with Crippen LogP contribution in [0.1, 0.15) is 42.3 Å². The van der Waals surface area contributed by atoms with Crippen molar-refractivity contribution >= 4 is 17.8 Å². The molecule has 2 N–H and O–H groups in total. The number of furan rings is 1. The topological polar surface area (TPSA) is 96.2 Å². The first-order chi connectivity index (χ1) is 13.1. The minimum Gasteiger partial charge on any atom is -0.469 e. The smallest absolute Gasteiger partial charge is 0.308 e. The zero-order valence-electron chi connectivity index (χ0n) is 16.4. The van der Waals surface area contributed by atoms with Gasteiger partial charge in [0.15, 0.2) is 11.7 Å². The van der Waals surface area contributed by atoms with Crippen LogP contribution in [0.15, 0.2) is 21.7 Å². The number of piperidine rings is 1. The van der Waals surface area contributed by atoms with Crippen molar-refractivity contribution in [3.05, 3.63) is 23.7 Å². The Hall–Kier alpha value is -2.51. The van der Waals surface area contributed by atoms with E-state index in [1.807, 2.05) is 13.8 Å². The Morgan fingerprint density at radius 2 is 2.07 bits per heavy atom. The summed E-state index contributed by atoms with van der Waals surface area (Å²) in [5.41, 5.74) is 0.829. The molecule has 0 saturated carbocycles. The molecule has 0 bridgehead atoms. The average Bonchev–Trinajstić information content (AvgIpc) is 3.12. The van der Waals surface area contributed by atoms with Gasteiger partial charge in [-0.15, -0.1) is 0 Å². The molecule has 150 valence electrons. The Bertz CT molecular complexity index is 648. The minimum absolute atomic E-state index is 0.0191. The number of methoxy groups -OCH3 is 1. The second-order valence-electron chi connectivity index (χ2n) is 6.56. The standard InChI is InChI=1S/C19H30N4O4/c1-4-20-19(23-11-6-15(7-12-23)18(25)26-3)22-10-5-9-21-17(24)16-14(2)8-13-27-16/h8,13,15H,4-7,9-12H2,1-3H3,(H,20,22)(H,21,24). The van der Waals surface area contributed by atoms with Crippen molar-refractivity contribution in [1.82, 2.24) is 15.5 Å². The summed E-state index contributed by atoms with van der Waals surface area (Å²) in [6.07, 6.45) is 3.80. The Balaban J connectivity index is 1.76. The number of aliphatic imine (C=N–C) groups is 1. The van der Waals surface area contributed by atoms with E-state index in [-0.39, 0.29) is 17.8 Å². The lowest BCUT2D eigenvalue weighted by molar-refractivity contribution is -0.146. The Morgan fingerprint density at radius 3 is 2.67 bits per heavy atom. The van der Waals surface area contributed by atoms with Crippen molar-refractivity contribution in [2.24, 2.45) is 10.9 Å². The molecular weight excluding hydrogens is 348 g/mol. The van der Waals surface area contributed by atoms with Crippen LogP contribution in [-0.4, -0.2) is 62.6 Å². The number of guanidine groups is 1. The van der Waals surface area contributed by atoms with Gasteiger partial charge in [0.25, 0.3) is 5.91 Å². The highest BCUT2D eigenvalue weighted by Gasteiger charge is 2.26. The molecule has 0 aliphatic carbocycles. The van der Waals surface area contributed by atoms with Crippen molar-refractivity contribution in [3.8, 4) is 0 Å². The fraction of sp³-hybridized carbons (Fsp3) is 0.632. The van der Waals surface area contributed by atoms with Gasteiger partial charge in [0.2, 0.25) is 0 Å². The van der Waals surface area contributed by atoms with E-state index in [2.05, 4.69) is 20.5 Å². The molecule has 2 heterocycles. The third-order valence-corrected chi connectivity index (χ3v) is 4.61. The fourth-order valence-electron chi connectivity index (χ4n) is 3.07. The lowest BCUT2D eigenvalue weighted by atomic mass is 9.97. The van der Waals surface area contributed by atoms with E-state index < -0.39 is 0 Å². The number of carbonyl (C=O) groups excluding carboxylic acids is 2. The summed E-state index contributed by atoms with van der Waals surface area (Å²) in [7, 11) is 1.44. The number of esters is 1. The molecule has 1 fully saturated rings. The van der Waals surface area contributed by atoms with Gasteiger partial charge < -0.3 is 24.7 Å². The maximum absolute atomic E-state index is 12.0. The Morgan fingerprint density at radius 1 is 1.33 bits per heavy atom. The third-order valence-electron chi connectivity index (χ3n) is 4.61. The van der Waals surface area contributed by atoms with Crippen molar-refractivity contribution < 1.29 is 18.7 Å². The average molecular weight is 378 g/mol. The molecule has 0 aromatic carbocycles. The van der Waals surface area contributed by atoms with Crippen LogP contribution >= 0.6 is 0 Å². The van der Waals surface area contributed by atoms with E-state index in [0.29, 0.717) is 18.8 Å². The monoisotopic (exact) mass is 378 g/mol. The number of ether oxygens (including phenoxy) is 1. The first kappa shape index (κ1) is 20.8. The molecule has 27 heavy (non-hydrogen) atoms. The number of rotatable bonds is 7. The zero-order valence-corrected chi connectivity index (χ0v) is 16.4. The summed E-state index contributed by atoms with van der Waals surface area (Å²) >= 11 is 0. The molecule has 1 aliphatic rings. The first-order valence-corrected chi connectivity index (χ1v) is 9.50. The highest BCUT2D eigenvalue weighted by molar-refractivity contribution is 5.92. The quantitative estimate of drug-likeness (QED) is 0.324. The van der Waals surface area contributed by atoms with Gasteiger partial charge in [-0.1, -0.05) is 0 Å². The molecule has 0 unspecified atom stereocenters. The second-order valence-corrected chi connectivity index (χ2v) is 6.56. The van der Waals surface area contributed by atoms with Gasteiger partial charge in [-0.3, -0.25) is 14.6 Å². The van der Waals surface area contributed by atoms with E-state index >= 15 is 0 Å². The van der Waals surface area contributed by atoms with Crippen LogP contribution in [0.3, 0.4) is 0 Å².